The summed E-state index contributed by atoms with van der Waals surface area (Å²) in [6.07, 6.45) is 11.3. The van der Waals surface area contributed by atoms with Crippen LogP contribution in [0.3, 0.4) is 0 Å². The number of nitrogens with zero attached hydrogens (tertiary/aromatic N) is 2. The van der Waals surface area contributed by atoms with Crippen LogP contribution in [0.2, 0.25) is 0 Å². The van der Waals surface area contributed by atoms with Crippen LogP contribution >= 0.6 is 0 Å². The first-order valence-corrected chi connectivity index (χ1v) is 21.0. The zero-order valence-corrected chi connectivity index (χ0v) is 35.3. The number of anilines is 1. The zero-order chi connectivity index (χ0) is 42.5. The number of hydrogen-bond acceptors (Lipinski definition) is 12. The second-order valence-electron chi connectivity index (χ2n) is 17.1. The Bertz CT molecular complexity index is 2500. The van der Waals surface area contributed by atoms with Gasteiger partial charge in [0.15, 0.2) is 11.3 Å². The lowest BCUT2D eigenvalue weighted by molar-refractivity contribution is -0.155. The molecule has 6 aliphatic rings. The van der Waals surface area contributed by atoms with Crippen molar-refractivity contribution in [2.45, 2.75) is 98.6 Å². The first-order chi connectivity index (χ1) is 28.7. The molecule has 0 spiro atoms. The highest BCUT2D eigenvalue weighted by atomic mass is 16.7. The van der Waals surface area contributed by atoms with Gasteiger partial charge in [0, 0.05) is 48.9 Å². The Morgan fingerprint density at radius 2 is 1.83 bits per heavy atom. The Kier molecular flexibility index (Phi) is 11.2. The number of rotatable bonds is 5. The highest BCUT2D eigenvalue weighted by molar-refractivity contribution is 6.22. The first-order valence-electron chi connectivity index (χ1n) is 21.0. The molecule has 6 atom stereocenters. The summed E-state index contributed by atoms with van der Waals surface area (Å²) in [5.41, 5.74) is 0.810. The molecule has 0 saturated carbocycles. The summed E-state index contributed by atoms with van der Waals surface area (Å²) in [4.78, 5) is 64.3. The van der Waals surface area contributed by atoms with E-state index in [9.17, 15) is 14.4 Å². The Morgan fingerprint density at radius 3 is 2.60 bits per heavy atom. The number of amides is 1. The quantitative estimate of drug-likeness (QED) is 0.117. The minimum atomic E-state index is -1.81. The van der Waals surface area contributed by atoms with Gasteiger partial charge in [0.2, 0.25) is 5.43 Å². The largest absolute Gasteiger partial charge is 0.492 e. The normalized spacial score (nSPS) is 28.1. The second-order valence-corrected chi connectivity index (χ2v) is 17.1. The molecule has 13 heteroatoms. The van der Waals surface area contributed by atoms with Crippen molar-refractivity contribution < 1.29 is 42.5 Å². The molecular weight excluding hydrogens is 767 g/mol. The predicted molar refractivity (Wildman–Crippen MR) is 227 cm³/mol. The molecule has 1 fully saturated rings. The SMILES string of the molecule is CC(=O)OC1C2C[C@H](C)CC(C)/C=C/C=C(/C)C(=O)Nc3c4oc5cc(OCCN6CCCC6)ccc5nc-4c4c5c(c(C)c(c4c3=O)O2)O[C@](C)(O/C=C/C[C@H]1C)C5=O. The third-order valence-corrected chi connectivity index (χ3v) is 12.1. The van der Waals surface area contributed by atoms with Crippen molar-refractivity contribution in [3.63, 3.8) is 0 Å². The zero-order valence-electron chi connectivity index (χ0n) is 35.3. The molecule has 5 heterocycles. The van der Waals surface area contributed by atoms with E-state index in [0.29, 0.717) is 47.4 Å². The van der Waals surface area contributed by atoms with Gasteiger partial charge in [-0.1, -0.05) is 39.0 Å². The van der Waals surface area contributed by atoms with Crippen molar-refractivity contribution >= 4 is 45.2 Å². The summed E-state index contributed by atoms with van der Waals surface area (Å²) in [6, 6.07) is 5.27. The number of carbonyl (C=O) groups is 3. The summed E-state index contributed by atoms with van der Waals surface area (Å²) in [5.74, 6) is -2.65. The van der Waals surface area contributed by atoms with E-state index in [2.05, 4.69) is 24.1 Å². The maximum atomic E-state index is 15.4. The number of allylic oxidation sites excluding steroid dienone is 4. The number of aromatic nitrogens is 1. The van der Waals surface area contributed by atoms with Gasteiger partial charge in [-0.25, -0.2) is 4.98 Å². The van der Waals surface area contributed by atoms with Crippen LogP contribution in [0.5, 0.6) is 17.2 Å². The van der Waals surface area contributed by atoms with Crippen LogP contribution in [-0.4, -0.2) is 71.8 Å². The van der Waals surface area contributed by atoms with Gasteiger partial charge in [0.25, 0.3) is 11.7 Å². The Hall–Kier alpha value is -5.69. The van der Waals surface area contributed by atoms with Gasteiger partial charge in [-0.15, -0.1) is 0 Å². The number of benzene rings is 3. The molecule has 6 bridgehead atoms. The van der Waals surface area contributed by atoms with Crippen LogP contribution in [0.25, 0.3) is 33.3 Å². The van der Waals surface area contributed by atoms with Crippen molar-refractivity contribution in [1.82, 2.24) is 9.88 Å². The van der Waals surface area contributed by atoms with Gasteiger partial charge in [-0.3, -0.25) is 24.1 Å². The van der Waals surface area contributed by atoms with Crippen LogP contribution in [0.15, 0.2) is 63.6 Å². The van der Waals surface area contributed by atoms with E-state index < -0.39 is 41.1 Å². The Labute approximate surface area is 349 Å². The number of esters is 1. The minimum Gasteiger partial charge on any atom is -0.492 e. The molecule has 1 N–H and O–H groups in total. The lowest BCUT2D eigenvalue weighted by Gasteiger charge is -2.34. The maximum absolute atomic E-state index is 15.4. The van der Waals surface area contributed by atoms with Gasteiger partial charge < -0.3 is 33.4 Å². The van der Waals surface area contributed by atoms with Crippen LogP contribution in [0, 0.1) is 24.7 Å². The summed E-state index contributed by atoms with van der Waals surface area (Å²) < 4.78 is 38.5. The number of Topliss-reactive ketones (excluding diaryl/α,β-unsaturated/α-hetero) is 1. The molecule has 13 nitrogen and oxygen atoms in total. The number of ketones is 1. The molecule has 1 amide bonds. The molecule has 5 aliphatic heterocycles. The van der Waals surface area contributed by atoms with Crippen molar-refractivity contribution in [3.05, 3.63) is 75.7 Å². The standard InChI is InChI=1S/C47H53N3O10/c1-25-12-10-13-28(4)46(54)49-39-40(52)36-35(38-44(39)58-33-24-31(15-16-32(33)48-38)55-21-19-50-17-8-9-18-50)37-43-29(5)42(36)59-34(23-26(2)22-25)41(57-30(6)51)27(3)14-11-20-56-47(7,60-43)45(37)53/h10-13,15-16,20,24-27,34,41H,8-9,14,17-19,21-23H2,1-7H3,(H,49,54)/b12-10+,20-11+,28-13-/t25?,26-,27-,34?,41?,47+/m1/s1. The molecule has 60 heavy (non-hydrogen) atoms. The van der Waals surface area contributed by atoms with E-state index >= 15 is 4.79 Å². The molecule has 0 aromatic heterocycles. The third kappa shape index (κ3) is 7.75. The fourth-order valence-corrected chi connectivity index (χ4v) is 9.00. The van der Waals surface area contributed by atoms with E-state index in [4.69, 9.17) is 33.1 Å². The summed E-state index contributed by atoms with van der Waals surface area (Å²) >= 11 is 0. The Balaban J connectivity index is 1.42. The average molecular weight is 820 g/mol. The van der Waals surface area contributed by atoms with E-state index in [1.807, 2.05) is 19.1 Å². The van der Waals surface area contributed by atoms with Gasteiger partial charge in [0.05, 0.1) is 17.2 Å². The number of ether oxygens (including phenoxy) is 5. The van der Waals surface area contributed by atoms with Crippen LogP contribution in [-0.2, 0) is 19.1 Å². The fraction of sp³-hybridized carbons (Fsp3) is 0.468. The molecule has 316 valence electrons. The maximum Gasteiger partial charge on any atom is 0.312 e. The number of fused-ring (bicyclic) bond motifs is 8. The lowest BCUT2D eigenvalue weighted by Crippen LogP contribution is -2.41. The number of hydrogen-bond donors (Lipinski definition) is 1. The monoisotopic (exact) mass is 819 g/mol. The summed E-state index contributed by atoms with van der Waals surface area (Å²) in [7, 11) is 0. The van der Waals surface area contributed by atoms with E-state index in [1.165, 1.54) is 33.0 Å². The van der Waals surface area contributed by atoms with Crippen LogP contribution in [0.1, 0.15) is 89.6 Å². The predicted octanol–water partition coefficient (Wildman–Crippen LogP) is 8.28. The van der Waals surface area contributed by atoms with Crippen molar-refractivity contribution in [2.24, 2.45) is 17.8 Å². The van der Waals surface area contributed by atoms with Gasteiger partial charge in [0.1, 0.15) is 53.0 Å². The fourth-order valence-electron chi connectivity index (χ4n) is 9.00. The highest BCUT2D eigenvalue weighted by Gasteiger charge is 2.50. The van der Waals surface area contributed by atoms with Crippen LogP contribution < -0.4 is 25.0 Å². The van der Waals surface area contributed by atoms with Gasteiger partial charge >= 0.3 is 11.8 Å². The van der Waals surface area contributed by atoms with Crippen molar-refractivity contribution in [1.29, 1.82) is 0 Å². The number of likely N-dealkylation sites (tertiary alicyclic amines) is 1. The van der Waals surface area contributed by atoms with Gasteiger partial charge in [-0.2, -0.15) is 0 Å². The van der Waals surface area contributed by atoms with Crippen molar-refractivity contribution in [3.8, 4) is 28.7 Å². The van der Waals surface area contributed by atoms with E-state index in [1.54, 1.807) is 44.2 Å². The lowest BCUT2D eigenvalue weighted by atomic mass is 9.86. The molecule has 1 aliphatic carbocycles. The molecule has 0 radical (unpaired) electrons. The molecule has 2 aromatic rings. The average Bonchev–Trinajstić information content (AvgIpc) is 3.82. The van der Waals surface area contributed by atoms with E-state index in [0.717, 1.165) is 26.1 Å². The molecule has 3 unspecified atom stereocenters. The smallest absolute Gasteiger partial charge is 0.312 e. The van der Waals surface area contributed by atoms with Crippen LogP contribution in [0.4, 0.5) is 5.69 Å². The molecule has 2 aromatic carbocycles. The van der Waals surface area contributed by atoms with Gasteiger partial charge in [-0.05, 0) is 89.1 Å². The second kappa shape index (κ2) is 16.4. The number of carbonyl (C=O) groups excluding carboxylic acids is 3. The first kappa shape index (κ1) is 41.1. The number of nitrogens with one attached hydrogen (secondary N) is 1. The summed E-state index contributed by atoms with van der Waals surface area (Å²) in [5, 5.41) is 2.99. The Morgan fingerprint density at radius 1 is 1.05 bits per heavy atom. The minimum absolute atomic E-state index is 0.000592. The molecule has 8 rings (SSSR count). The highest BCUT2D eigenvalue weighted by Crippen LogP contribution is 2.51. The third-order valence-electron chi connectivity index (χ3n) is 12.1. The molecule has 1 saturated heterocycles. The topological polar surface area (TPSA) is 156 Å². The van der Waals surface area contributed by atoms with Crippen molar-refractivity contribution in [2.75, 3.05) is 31.6 Å². The van der Waals surface area contributed by atoms with E-state index in [-0.39, 0.29) is 62.7 Å². The summed E-state index contributed by atoms with van der Waals surface area (Å²) in [6.45, 7) is 15.8. The molecular formula is C47H53N3O10.